The molecule has 2 aromatic carbocycles. The predicted octanol–water partition coefficient (Wildman–Crippen LogP) is 4.27. The van der Waals surface area contributed by atoms with Crippen LogP contribution in [0.5, 0.6) is 5.75 Å². The van der Waals surface area contributed by atoms with Gasteiger partial charge in [-0.25, -0.2) is 8.42 Å². The van der Waals surface area contributed by atoms with Crippen LogP contribution in [0.15, 0.2) is 42.5 Å². The van der Waals surface area contributed by atoms with Crippen LogP contribution in [0.3, 0.4) is 0 Å². The van der Waals surface area contributed by atoms with Gasteiger partial charge in [-0.3, -0.25) is 9.10 Å². The minimum absolute atomic E-state index is 0.0729. The third-order valence-corrected chi connectivity index (χ3v) is 5.83. The van der Waals surface area contributed by atoms with E-state index in [2.05, 4.69) is 12.2 Å². The van der Waals surface area contributed by atoms with Crippen LogP contribution in [0, 0.1) is 0 Å². The molecule has 1 N–H and O–H groups in total. The van der Waals surface area contributed by atoms with Gasteiger partial charge in [-0.15, -0.1) is 0 Å². The quantitative estimate of drug-likeness (QED) is 0.502. The fraction of sp³-hybridized carbons (Fsp3) is 0.381. The van der Waals surface area contributed by atoms with Gasteiger partial charge in [0.15, 0.2) is 0 Å². The lowest BCUT2D eigenvalue weighted by Crippen LogP contribution is -2.41. The van der Waals surface area contributed by atoms with Gasteiger partial charge in [0.25, 0.3) is 0 Å². The lowest BCUT2D eigenvalue weighted by Gasteiger charge is -2.24. The molecule has 0 spiro atoms. The summed E-state index contributed by atoms with van der Waals surface area (Å²) in [7, 11) is -4.09. The summed E-state index contributed by atoms with van der Waals surface area (Å²) in [4.78, 5) is 12.3. The van der Waals surface area contributed by atoms with E-state index < -0.39 is 39.9 Å². The Balaban J connectivity index is 1.99. The number of amides is 1. The first kappa shape index (κ1) is 25.8. The molecule has 0 bridgehead atoms. The van der Waals surface area contributed by atoms with Gasteiger partial charge in [-0.05, 0) is 42.3 Å². The van der Waals surface area contributed by atoms with E-state index in [1.165, 1.54) is 5.56 Å². The number of nitrogens with zero attached hydrogens (tertiary/aromatic N) is 1. The second-order valence-electron chi connectivity index (χ2n) is 7.03. The number of ether oxygens (including phenoxy) is 1. The first-order chi connectivity index (χ1) is 14.9. The van der Waals surface area contributed by atoms with Crippen molar-refractivity contribution in [2.45, 2.75) is 25.9 Å². The van der Waals surface area contributed by atoms with Gasteiger partial charge in [0.05, 0.1) is 29.1 Å². The summed E-state index contributed by atoms with van der Waals surface area (Å²) in [5.74, 6) is -0.0987. The molecule has 1 amide bonds. The van der Waals surface area contributed by atoms with E-state index in [9.17, 15) is 26.4 Å². The molecule has 0 aromatic heterocycles. The molecule has 2 aromatic rings. The number of benzene rings is 2. The summed E-state index contributed by atoms with van der Waals surface area (Å²) in [5.41, 5.74) is -0.325. The normalized spacial score (nSPS) is 11.8. The number of alkyl halides is 3. The van der Waals surface area contributed by atoms with Gasteiger partial charge in [-0.1, -0.05) is 37.1 Å². The zero-order valence-electron chi connectivity index (χ0n) is 17.6. The molecule has 6 nitrogen and oxygen atoms in total. The molecule has 176 valence electrons. The molecule has 0 aliphatic heterocycles. The number of hydrogen-bond donors (Lipinski definition) is 1. The molecule has 11 heteroatoms. The highest BCUT2D eigenvalue weighted by Gasteiger charge is 2.33. The van der Waals surface area contributed by atoms with E-state index in [0.717, 1.165) is 31.2 Å². The van der Waals surface area contributed by atoms with E-state index in [1.807, 2.05) is 24.3 Å². The fourth-order valence-electron chi connectivity index (χ4n) is 2.85. The molecule has 0 atom stereocenters. The summed E-state index contributed by atoms with van der Waals surface area (Å²) in [6, 6.07) is 9.79. The Morgan fingerprint density at radius 1 is 1.16 bits per heavy atom. The topological polar surface area (TPSA) is 75.7 Å². The first-order valence-electron chi connectivity index (χ1n) is 9.74. The third-order valence-electron chi connectivity index (χ3n) is 4.38. The zero-order chi connectivity index (χ0) is 23.9. The summed E-state index contributed by atoms with van der Waals surface area (Å²) in [6.07, 6.45) is -1.93. The first-order valence-corrected chi connectivity index (χ1v) is 12.0. The number of carbonyl (C=O) groups excluding carboxylic acids is 1. The smallest absolute Gasteiger partial charge is 0.416 e. The zero-order valence-corrected chi connectivity index (χ0v) is 19.1. The monoisotopic (exact) mass is 492 g/mol. The minimum atomic E-state index is -4.70. The molecule has 0 saturated carbocycles. The summed E-state index contributed by atoms with van der Waals surface area (Å²) in [5, 5.41) is 2.26. The highest BCUT2D eigenvalue weighted by atomic mass is 35.5. The van der Waals surface area contributed by atoms with Crippen molar-refractivity contribution in [1.82, 2.24) is 5.32 Å². The third kappa shape index (κ3) is 7.59. The van der Waals surface area contributed by atoms with Crippen molar-refractivity contribution in [2.75, 3.05) is 30.3 Å². The van der Waals surface area contributed by atoms with Gasteiger partial charge in [0.1, 0.15) is 18.9 Å². The van der Waals surface area contributed by atoms with Gasteiger partial charge in [0.2, 0.25) is 15.9 Å². The second kappa shape index (κ2) is 10.9. The molecule has 32 heavy (non-hydrogen) atoms. The number of hydrogen-bond acceptors (Lipinski definition) is 4. The Morgan fingerprint density at radius 2 is 1.81 bits per heavy atom. The number of sulfonamides is 1. The van der Waals surface area contributed by atoms with Crippen LogP contribution in [-0.4, -0.2) is 40.3 Å². The molecular formula is C21H24ClF3N2O4S. The van der Waals surface area contributed by atoms with Gasteiger partial charge < -0.3 is 10.1 Å². The van der Waals surface area contributed by atoms with Gasteiger partial charge in [-0.2, -0.15) is 13.2 Å². The Kier molecular flexibility index (Phi) is 8.80. The Hall–Kier alpha value is -2.46. The Bertz CT molecular complexity index is 1030. The maximum absolute atomic E-state index is 13.0. The van der Waals surface area contributed by atoms with Crippen molar-refractivity contribution in [3.63, 3.8) is 0 Å². The highest BCUT2D eigenvalue weighted by molar-refractivity contribution is 7.92. The molecule has 0 radical (unpaired) electrons. The van der Waals surface area contributed by atoms with Crippen molar-refractivity contribution < 1.29 is 31.1 Å². The average molecular weight is 493 g/mol. The lowest BCUT2D eigenvalue weighted by atomic mass is 10.1. The van der Waals surface area contributed by atoms with Crippen LogP contribution in [-0.2, 0) is 27.4 Å². The van der Waals surface area contributed by atoms with Crippen LogP contribution in [0.4, 0.5) is 18.9 Å². The average Bonchev–Trinajstić information content (AvgIpc) is 2.70. The molecule has 0 aliphatic carbocycles. The van der Waals surface area contributed by atoms with Gasteiger partial charge >= 0.3 is 6.18 Å². The van der Waals surface area contributed by atoms with Crippen LogP contribution in [0.1, 0.15) is 24.5 Å². The summed E-state index contributed by atoms with van der Waals surface area (Å²) >= 11 is 5.93. The van der Waals surface area contributed by atoms with Crippen molar-refractivity contribution in [3.05, 3.63) is 58.6 Å². The van der Waals surface area contributed by atoms with Gasteiger partial charge in [0, 0.05) is 0 Å². The predicted molar refractivity (Wildman–Crippen MR) is 118 cm³/mol. The molecule has 0 aliphatic rings. The van der Waals surface area contributed by atoms with E-state index >= 15 is 0 Å². The van der Waals surface area contributed by atoms with Crippen molar-refractivity contribution in [1.29, 1.82) is 0 Å². The van der Waals surface area contributed by atoms with Crippen molar-refractivity contribution >= 4 is 33.2 Å². The number of nitrogens with one attached hydrogen (secondary N) is 1. The maximum atomic E-state index is 13.0. The van der Waals surface area contributed by atoms with E-state index in [0.29, 0.717) is 16.1 Å². The highest BCUT2D eigenvalue weighted by Crippen LogP contribution is 2.36. The molecule has 2 rings (SSSR count). The Labute approximate surface area is 190 Å². The van der Waals surface area contributed by atoms with E-state index in [4.69, 9.17) is 16.3 Å². The van der Waals surface area contributed by atoms with Crippen LogP contribution in [0.2, 0.25) is 5.02 Å². The largest absolute Gasteiger partial charge is 0.492 e. The number of rotatable bonds is 10. The lowest BCUT2D eigenvalue weighted by molar-refractivity contribution is -0.137. The number of halogens is 4. The standard InChI is InChI=1S/C21H24ClF3N2O4S/c1-3-4-15-5-8-17(9-6-15)31-12-11-26-20(28)14-27(32(2,29)30)19-13-16(21(23,24)25)7-10-18(19)22/h5-10,13H,3-4,11-12,14H2,1-2H3,(H,26,28). The SMILES string of the molecule is CCCc1ccc(OCCNC(=O)CN(c2cc(C(F)(F)F)ccc2Cl)S(C)(=O)=O)cc1. The molecule has 0 saturated heterocycles. The van der Waals surface area contributed by atoms with E-state index in [1.54, 1.807) is 0 Å². The summed E-state index contributed by atoms with van der Waals surface area (Å²) < 4.78 is 69.4. The van der Waals surface area contributed by atoms with E-state index in [-0.39, 0.29) is 18.2 Å². The molecule has 0 fully saturated rings. The molecular weight excluding hydrogens is 469 g/mol. The van der Waals surface area contributed by atoms with Crippen molar-refractivity contribution in [3.8, 4) is 5.75 Å². The second-order valence-corrected chi connectivity index (χ2v) is 9.34. The molecule has 0 heterocycles. The number of anilines is 1. The molecule has 0 unspecified atom stereocenters. The van der Waals surface area contributed by atoms with Crippen LogP contribution < -0.4 is 14.4 Å². The summed E-state index contributed by atoms with van der Waals surface area (Å²) in [6.45, 7) is 1.55. The van der Waals surface area contributed by atoms with Crippen molar-refractivity contribution in [2.24, 2.45) is 0 Å². The minimum Gasteiger partial charge on any atom is -0.492 e. The van der Waals surface area contributed by atoms with Crippen LogP contribution in [0.25, 0.3) is 0 Å². The number of carbonyl (C=O) groups is 1. The Morgan fingerprint density at radius 3 is 2.38 bits per heavy atom. The van der Waals surface area contributed by atoms with Crippen LogP contribution >= 0.6 is 11.6 Å². The number of aryl methyl sites for hydroxylation is 1. The maximum Gasteiger partial charge on any atom is 0.416 e. The fourth-order valence-corrected chi connectivity index (χ4v) is 3.98.